The van der Waals surface area contributed by atoms with E-state index in [4.69, 9.17) is 5.10 Å². The van der Waals surface area contributed by atoms with Crippen LogP contribution in [0.2, 0.25) is 0 Å². The van der Waals surface area contributed by atoms with E-state index in [-0.39, 0.29) is 0 Å². The Morgan fingerprint density at radius 1 is 1.33 bits per heavy atom. The first-order chi connectivity index (χ1) is 10.2. The SMILES string of the molecule is CCCN(Cc1ccn(C(C)C)n1)C1CC2CCC(C1)N2. The van der Waals surface area contributed by atoms with E-state index in [9.17, 15) is 0 Å². The topological polar surface area (TPSA) is 33.1 Å². The first kappa shape index (κ1) is 15.0. The Kier molecular flexibility index (Phi) is 4.65. The first-order valence-electron chi connectivity index (χ1n) is 8.69. The number of hydrogen-bond donors (Lipinski definition) is 1. The maximum absolute atomic E-state index is 4.74. The van der Waals surface area contributed by atoms with Gasteiger partial charge in [0.1, 0.15) is 0 Å². The number of hydrogen-bond acceptors (Lipinski definition) is 3. The molecule has 2 atom stereocenters. The van der Waals surface area contributed by atoms with Crippen molar-refractivity contribution in [2.75, 3.05) is 6.54 Å². The average Bonchev–Trinajstić information content (AvgIpc) is 3.05. The molecule has 1 N–H and O–H groups in total. The lowest BCUT2D eigenvalue weighted by Gasteiger charge is -2.37. The molecule has 3 heterocycles. The Labute approximate surface area is 128 Å². The largest absolute Gasteiger partial charge is 0.311 e. The van der Waals surface area contributed by atoms with E-state index in [0.717, 1.165) is 24.7 Å². The summed E-state index contributed by atoms with van der Waals surface area (Å²) in [6.45, 7) is 8.86. The van der Waals surface area contributed by atoms with Crippen LogP contribution in [0.25, 0.3) is 0 Å². The zero-order valence-electron chi connectivity index (χ0n) is 13.8. The summed E-state index contributed by atoms with van der Waals surface area (Å²) in [5, 5.41) is 8.49. The lowest BCUT2D eigenvalue weighted by atomic mass is 9.97. The van der Waals surface area contributed by atoms with Gasteiger partial charge in [-0.25, -0.2) is 0 Å². The summed E-state index contributed by atoms with van der Waals surface area (Å²) in [5.41, 5.74) is 1.23. The summed E-state index contributed by atoms with van der Waals surface area (Å²) < 4.78 is 2.07. The van der Waals surface area contributed by atoms with Gasteiger partial charge in [-0.15, -0.1) is 0 Å². The van der Waals surface area contributed by atoms with Gasteiger partial charge in [0.2, 0.25) is 0 Å². The number of fused-ring (bicyclic) bond motifs is 2. The summed E-state index contributed by atoms with van der Waals surface area (Å²) in [4.78, 5) is 2.68. The van der Waals surface area contributed by atoms with Gasteiger partial charge >= 0.3 is 0 Å². The molecule has 3 rings (SSSR count). The first-order valence-corrected chi connectivity index (χ1v) is 8.69. The summed E-state index contributed by atoms with van der Waals surface area (Å²) in [6, 6.07) is 4.92. The highest BCUT2D eigenvalue weighted by Gasteiger charge is 2.35. The smallest absolute Gasteiger partial charge is 0.0764 e. The highest BCUT2D eigenvalue weighted by molar-refractivity contribution is 5.02. The lowest BCUT2D eigenvalue weighted by Crippen LogP contribution is -2.48. The molecule has 1 aromatic heterocycles. The van der Waals surface area contributed by atoms with E-state index < -0.39 is 0 Å². The molecular formula is C17H30N4. The molecule has 0 amide bonds. The maximum Gasteiger partial charge on any atom is 0.0764 e. The summed E-state index contributed by atoms with van der Waals surface area (Å²) >= 11 is 0. The van der Waals surface area contributed by atoms with Gasteiger partial charge in [-0.05, 0) is 58.6 Å². The normalized spacial score (nSPS) is 28.7. The highest BCUT2D eigenvalue weighted by Crippen LogP contribution is 2.30. The van der Waals surface area contributed by atoms with Crippen LogP contribution in [0, 0.1) is 0 Å². The van der Waals surface area contributed by atoms with Crippen molar-refractivity contribution < 1.29 is 0 Å². The molecule has 4 nitrogen and oxygen atoms in total. The Morgan fingerprint density at radius 2 is 2.05 bits per heavy atom. The van der Waals surface area contributed by atoms with Crippen LogP contribution in [0.1, 0.15) is 64.6 Å². The van der Waals surface area contributed by atoms with Gasteiger partial charge in [-0.2, -0.15) is 5.10 Å². The molecule has 21 heavy (non-hydrogen) atoms. The molecule has 118 valence electrons. The van der Waals surface area contributed by atoms with Gasteiger partial charge in [-0.3, -0.25) is 9.58 Å². The van der Waals surface area contributed by atoms with Crippen molar-refractivity contribution in [1.82, 2.24) is 20.0 Å². The lowest BCUT2D eigenvalue weighted by molar-refractivity contribution is 0.132. The summed E-state index contributed by atoms with van der Waals surface area (Å²) in [6.07, 6.45) is 8.75. The number of nitrogens with one attached hydrogen (secondary N) is 1. The number of piperidine rings is 1. The van der Waals surface area contributed by atoms with E-state index in [0.29, 0.717) is 6.04 Å². The van der Waals surface area contributed by atoms with E-state index in [1.54, 1.807) is 0 Å². The molecule has 1 aromatic rings. The minimum atomic E-state index is 0.452. The second-order valence-electron chi connectivity index (χ2n) is 7.11. The molecule has 2 bridgehead atoms. The van der Waals surface area contributed by atoms with Crippen LogP contribution in [0.5, 0.6) is 0 Å². The molecule has 2 fully saturated rings. The Hall–Kier alpha value is -0.870. The third kappa shape index (κ3) is 3.49. The molecule has 0 aromatic carbocycles. The predicted molar refractivity (Wildman–Crippen MR) is 86.3 cm³/mol. The van der Waals surface area contributed by atoms with E-state index in [2.05, 4.69) is 47.9 Å². The van der Waals surface area contributed by atoms with Crippen molar-refractivity contribution in [3.8, 4) is 0 Å². The van der Waals surface area contributed by atoms with Crippen molar-refractivity contribution in [1.29, 1.82) is 0 Å². The minimum absolute atomic E-state index is 0.452. The minimum Gasteiger partial charge on any atom is -0.311 e. The average molecular weight is 290 g/mol. The van der Waals surface area contributed by atoms with Crippen LogP contribution in [-0.2, 0) is 6.54 Å². The second-order valence-corrected chi connectivity index (χ2v) is 7.11. The van der Waals surface area contributed by atoms with Crippen LogP contribution in [0.3, 0.4) is 0 Å². The van der Waals surface area contributed by atoms with E-state index >= 15 is 0 Å². The fourth-order valence-electron chi connectivity index (χ4n) is 3.96. The molecule has 2 unspecified atom stereocenters. The van der Waals surface area contributed by atoms with Crippen LogP contribution in [0.15, 0.2) is 12.3 Å². The third-order valence-corrected chi connectivity index (χ3v) is 5.03. The number of rotatable bonds is 6. The van der Waals surface area contributed by atoms with Gasteiger partial charge in [0.05, 0.1) is 5.69 Å². The quantitative estimate of drug-likeness (QED) is 0.874. The fourth-order valence-corrected chi connectivity index (χ4v) is 3.96. The molecule has 0 aliphatic carbocycles. The van der Waals surface area contributed by atoms with Crippen LogP contribution in [-0.4, -0.2) is 39.4 Å². The summed E-state index contributed by atoms with van der Waals surface area (Å²) in [5.74, 6) is 0. The zero-order chi connectivity index (χ0) is 14.8. The van der Waals surface area contributed by atoms with Crippen molar-refractivity contribution in [3.63, 3.8) is 0 Å². The molecule has 0 spiro atoms. The predicted octanol–water partition coefficient (Wildman–Crippen LogP) is 2.96. The van der Waals surface area contributed by atoms with Gasteiger partial charge in [0.15, 0.2) is 0 Å². The number of aromatic nitrogens is 2. The van der Waals surface area contributed by atoms with Crippen LogP contribution in [0.4, 0.5) is 0 Å². The zero-order valence-corrected chi connectivity index (χ0v) is 13.8. The molecule has 0 radical (unpaired) electrons. The summed E-state index contributed by atoms with van der Waals surface area (Å²) in [7, 11) is 0. The molecule has 2 saturated heterocycles. The van der Waals surface area contributed by atoms with Crippen molar-refractivity contribution >= 4 is 0 Å². The maximum atomic E-state index is 4.74. The van der Waals surface area contributed by atoms with Gasteiger partial charge in [0.25, 0.3) is 0 Å². The molecular weight excluding hydrogens is 260 g/mol. The number of nitrogens with zero attached hydrogens (tertiary/aromatic N) is 3. The van der Waals surface area contributed by atoms with Crippen molar-refractivity contribution in [2.24, 2.45) is 0 Å². The highest BCUT2D eigenvalue weighted by atomic mass is 15.3. The van der Waals surface area contributed by atoms with Crippen LogP contribution >= 0.6 is 0 Å². The van der Waals surface area contributed by atoms with E-state index in [1.807, 2.05) is 0 Å². The Bertz CT molecular complexity index is 441. The monoisotopic (exact) mass is 290 g/mol. The van der Waals surface area contributed by atoms with Crippen LogP contribution < -0.4 is 5.32 Å². The fraction of sp³-hybridized carbons (Fsp3) is 0.824. The Balaban J connectivity index is 1.66. The van der Waals surface area contributed by atoms with Crippen molar-refractivity contribution in [3.05, 3.63) is 18.0 Å². The van der Waals surface area contributed by atoms with Crippen molar-refractivity contribution in [2.45, 2.75) is 83.6 Å². The van der Waals surface area contributed by atoms with Gasteiger partial charge in [0, 0.05) is 36.9 Å². The molecule has 2 aliphatic heterocycles. The third-order valence-electron chi connectivity index (χ3n) is 5.03. The van der Waals surface area contributed by atoms with E-state index in [1.165, 1.54) is 44.3 Å². The molecule has 2 aliphatic rings. The van der Waals surface area contributed by atoms with Gasteiger partial charge < -0.3 is 5.32 Å². The second kappa shape index (κ2) is 6.49. The molecule has 0 saturated carbocycles. The Morgan fingerprint density at radius 3 is 2.62 bits per heavy atom. The molecule has 4 heteroatoms. The standard InChI is InChI=1S/C17H30N4/c1-4-8-20(12-16-7-9-21(19-16)13(2)3)17-10-14-5-6-15(11-17)18-14/h7,9,13-15,17-18H,4-6,8,10-12H2,1-3H3. The van der Waals surface area contributed by atoms with Gasteiger partial charge in [-0.1, -0.05) is 6.92 Å².